The van der Waals surface area contributed by atoms with Crippen molar-refractivity contribution in [2.75, 3.05) is 28.2 Å². The Kier molecular flexibility index (Phi) is 7.61. The average Bonchev–Trinajstić information content (AvgIpc) is 3.04. The molecule has 10 nitrogen and oxygen atoms in total. The van der Waals surface area contributed by atoms with E-state index in [4.69, 9.17) is 15.7 Å². The number of aromatic nitrogens is 4. The number of para-hydroxylation sites is 1. The summed E-state index contributed by atoms with van der Waals surface area (Å²) in [6.07, 6.45) is 6.24. The number of hydrogen-bond acceptors (Lipinski definition) is 10. The van der Waals surface area contributed by atoms with Crippen LogP contribution < -0.4 is 21.7 Å². The predicted molar refractivity (Wildman–Crippen MR) is 180 cm³/mol. The van der Waals surface area contributed by atoms with Gasteiger partial charge >= 0.3 is 0 Å². The molecule has 0 radical (unpaired) electrons. The standard InChI is InChI=1S/C35H34N8O2/c36-32-27-11-4-5-12-29(27)40-34(42-32)39-24-14-15-26(31(45)19-24)22-13-16-30-28(17-22)33(37-20-21-7-2-1-3-8-21)43-35(41-30)38-23-9-6-10-25(44)18-23/h4-6,9-19,21,44-45H,1-3,7-8,20H2,(H3,36,39,40,42)(H2,37,38,41,43). The molecule has 4 aromatic carbocycles. The second kappa shape index (κ2) is 12.2. The van der Waals surface area contributed by atoms with Crippen molar-refractivity contribution in [2.24, 2.45) is 5.92 Å². The molecule has 0 spiro atoms. The number of benzene rings is 4. The van der Waals surface area contributed by atoms with E-state index in [1.807, 2.05) is 60.7 Å². The van der Waals surface area contributed by atoms with Gasteiger partial charge in [-0.25, -0.2) is 9.97 Å². The van der Waals surface area contributed by atoms with Crippen LogP contribution in [-0.2, 0) is 0 Å². The van der Waals surface area contributed by atoms with Crippen LogP contribution >= 0.6 is 0 Å². The maximum atomic E-state index is 11.1. The lowest BCUT2D eigenvalue weighted by Gasteiger charge is -2.22. The first-order valence-corrected chi connectivity index (χ1v) is 15.2. The van der Waals surface area contributed by atoms with E-state index in [0.717, 1.165) is 39.7 Å². The lowest BCUT2D eigenvalue weighted by Crippen LogP contribution is -2.18. The molecular weight excluding hydrogens is 564 g/mol. The van der Waals surface area contributed by atoms with Crippen LogP contribution in [0.1, 0.15) is 32.1 Å². The van der Waals surface area contributed by atoms with Crippen LogP contribution in [0.2, 0.25) is 0 Å². The van der Waals surface area contributed by atoms with Gasteiger partial charge in [0.15, 0.2) is 0 Å². The Hall–Kier alpha value is -5.64. The van der Waals surface area contributed by atoms with Gasteiger partial charge in [0.25, 0.3) is 0 Å². The van der Waals surface area contributed by atoms with Gasteiger partial charge in [0.1, 0.15) is 23.1 Å². The first-order valence-electron chi connectivity index (χ1n) is 15.2. The Bertz CT molecular complexity index is 2010. The van der Waals surface area contributed by atoms with E-state index < -0.39 is 0 Å². The zero-order valence-electron chi connectivity index (χ0n) is 24.7. The molecular formula is C35H34N8O2. The molecule has 0 saturated heterocycles. The smallest absolute Gasteiger partial charge is 0.229 e. The summed E-state index contributed by atoms with van der Waals surface area (Å²) in [5, 5.41) is 32.7. The van der Waals surface area contributed by atoms with Gasteiger partial charge in [-0.05, 0) is 72.9 Å². The van der Waals surface area contributed by atoms with E-state index in [9.17, 15) is 10.2 Å². The highest BCUT2D eigenvalue weighted by Gasteiger charge is 2.17. The van der Waals surface area contributed by atoms with Gasteiger partial charge in [-0.3, -0.25) is 0 Å². The van der Waals surface area contributed by atoms with Gasteiger partial charge in [-0.2, -0.15) is 9.97 Å². The number of fused-ring (bicyclic) bond motifs is 2. The van der Waals surface area contributed by atoms with Gasteiger partial charge in [-0.15, -0.1) is 0 Å². The highest BCUT2D eigenvalue weighted by Crippen LogP contribution is 2.36. The lowest BCUT2D eigenvalue weighted by atomic mass is 9.89. The van der Waals surface area contributed by atoms with Gasteiger partial charge < -0.3 is 31.9 Å². The highest BCUT2D eigenvalue weighted by molar-refractivity contribution is 5.94. The summed E-state index contributed by atoms with van der Waals surface area (Å²) in [5.74, 6) is 2.76. The highest BCUT2D eigenvalue weighted by atomic mass is 16.3. The minimum absolute atomic E-state index is 0.105. The summed E-state index contributed by atoms with van der Waals surface area (Å²) in [7, 11) is 0. The molecule has 10 heteroatoms. The van der Waals surface area contributed by atoms with Crippen molar-refractivity contribution in [3.8, 4) is 22.6 Å². The topological polar surface area (TPSA) is 154 Å². The minimum atomic E-state index is 0.105. The number of phenolic OH excluding ortho intramolecular Hbond substituents is 2. The van der Waals surface area contributed by atoms with Crippen molar-refractivity contribution in [3.05, 3.63) is 84.9 Å². The normalized spacial score (nSPS) is 13.6. The van der Waals surface area contributed by atoms with E-state index >= 15 is 0 Å². The lowest BCUT2D eigenvalue weighted by molar-refractivity contribution is 0.373. The number of anilines is 6. The van der Waals surface area contributed by atoms with Gasteiger partial charge in [0.05, 0.1) is 11.0 Å². The van der Waals surface area contributed by atoms with Crippen LogP contribution in [0.3, 0.4) is 0 Å². The zero-order chi connectivity index (χ0) is 30.8. The fourth-order valence-corrected chi connectivity index (χ4v) is 5.97. The van der Waals surface area contributed by atoms with Crippen LogP contribution in [-0.4, -0.2) is 36.7 Å². The van der Waals surface area contributed by atoms with Gasteiger partial charge in [-0.1, -0.05) is 43.5 Å². The second-order valence-electron chi connectivity index (χ2n) is 11.5. The monoisotopic (exact) mass is 598 g/mol. The first-order chi connectivity index (χ1) is 22.0. The van der Waals surface area contributed by atoms with Gasteiger partial charge in [0.2, 0.25) is 11.9 Å². The van der Waals surface area contributed by atoms with Crippen molar-refractivity contribution >= 4 is 56.7 Å². The Morgan fingerprint density at radius 3 is 2.24 bits per heavy atom. The minimum Gasteiger partial charge on any atom is -0.508 e. The number of nitrogens with zero attached hydrogens (tertiary/aromatic N) is 4. The maximum absolute atomic E-state index is 11.1. The third-order valence-electron chi connectivity index (χ3n) is 8.28. The van der Waals surface area contributed by atoms with E-state index in [0.29, 0.717) is 40.6 Å². The summed E-state index contributed by atoms with van der Waals surface area (Å²) in [5.41, 5.74) is 10.5. The van der Waals surface area contributed by atoms with Crippen LogP contribution in [0.25, 0.3) is 32.9 Å². The van der Waals surface area contributed by atoms with Crippen LogP contribution in [0, 0.1) is 5.92 Å². The predicted octanol–water partition coefficient (Wildman–Crippen LogP) is 7.71. The third kappa shape index (κ3) is 6.21. The fraction of sp³-hybridized carbons (Fsp3) is 0.200. The summed E-state index contributed by atoms with van der Waals surface area (Å²) in [6.45, 7) is 0.828. The molecule has 1 aliphatic rings. The van der Waals surface area contributed by atoms with Crippen molar-refractivity contribution in [1.29, 1.82) is 0 Å². The first kappa shape index (κ1) is 28.1. The number of phenols is 2. The number of hydrogen-bond donors (Lipinski definition) is 6. The number of nitrogens with two attached hydrogens (primary N) is 1. The van der Waals surface area contributed by atoms with E-state index in [1.165, 1.54) is 32.1 Å². The molecule has 0 unspecified atom stereocenters. The molecule has 0 bridgehead atoms. The Labute approximate surface area is 260 Å². The largest absolute Gasteiger partial charge is 0.508 e. The molecule has 0 atom stereocenters. The molecule has 0 aliphatic heterocycles. The van der Waals surface area contributed by atoms with E-state index in [2.05, 4.69) is 25.9 Å². The number of nitrogens with one attached hydrogen (secondary N) is 3. The average molecular weight is 599 g/mol. The summed E-state index contributed by atoms with van der Waals surface area (Å²) in [6, 6.07) is 25.7. The van der Waals surface area contributed by atoms with Crippen molar-refractivity contribution in [3.63, 3.8) is 0 Å². The molecule has 0 amide bonds. The zero-order valence-corrected chi connectivity index (χ0v) is 24.7. The van der Waals surface area contributed by atoms with Gasteiger partial charge in [0, 0.05) is 46.4 Å². The van der Waals surface area contributed by atoms with Crippen molar-refractivity contribution in [1.82, 2.24) is 19.9 Å². The summed E-state index contributed by atoms with van der Waals surface area (Å²) >= 11 is 0. The summed E-state index contributed by atoms with van der Waals surface area (Å²) < 4.78 is 0. The SMILES string of the molecule is Nc1nc(Nc2ccc(-c3ccc4nc(Nc5cccc(O)c5)nc(NCC5CCCCC5)c4c3)c(O)c2)nc2ccccc12. The molecule has 1 aliphatic carbocycles. The molecule has 2 heterocycles. The molecule has 226 valence electrons. The van der Waals surface area contributed by atoms with Crippen molar-refractivity contribution < 1.29 is 10.2 Å². The molecule has 6 aromatic rings. The molecule has 1 saturated carbocycles. The Balaban J connectivity index is 1.19. The Morgan fingerprint density at radius 2 is 1.44 bits per heavy atom. The van der Waals surface area contributed by atoms with E-state index in [1.54, 1.807) is 24.3 Å². The summed E-state index contributed by atoms with van der Waals surface area (Å²) in [4.78, 5) is 18.5. The molecule has 2 aromatic heterocycles. The fourth-order valence-electron chi connectivity index (χ4n) is 5.97. The van der Waals surface area contributed by atoms with E-state index in [-0.39, 0.29) is 11.5 Å². The van der Waals surface area contributed by atoms with Crippen molar-refractivity contribution in [2.45, 2.75) is 32.1 Å². The Morgan fingerprint density at radius 1 is 0.689 bits per heavy atom. The number of rotatable bonds is 8. The number of nitrogen functional groups attached to an aromatic ring is 1. The number of aromatic hydroxyl groups is 2. The molecule has 1 fully saturated rings. The maximum Gasteiger partial charge on any atom is 0.229 e. The van der Waals surface area contributed by atoms with Crippen LogP contribution in [0.15, 0.2) is 84.9 Å². The second-order valence-corrected chi connectivity index (χ2v) is 11.5. The molecule has 7 N–H and O–H groups in total. The third-order valence-corrected chi connectivity index (χ3v) is 8.28. The quantitative estimate of drug-likeness (QED) is 0.103. The van der Waals surface area contributed by atoms with Crippen LogP contribution in [0.5, 0.6) is 11.5 Å². The molecule has 45 heavy (non-hydrogen) atoms. The van der Waals surface area contributed by atoms with Crippen LogP contribution in [0.4, 0.5) is 34.9 Å². The molecule has 7 rings (SSSR count).